The van der Waals surface area contributed by atoms with Crippen LogP contribution in [0.2, 0.25) is 0 Å². The van der Waals surface area contributed by atoms with Crippen LogP contribution in [0.25, 0.3) is 11.0 Å². The van der Waals surface area contributed by atoms with Crippen LogP contribution in [0, 0.1) is 0 Å². The minimum atomic E-state index is -0.392. The Morgan fingerprint density at radius 2 is 2.21 bits per heavy atom. The summed E-state index contributed by atoms with van der Waals surface area (Å²) in [5, 5.41) is 4.23. The summed E-state index contributed by atoms with van der Waals surface area (Å²) in [6.45, 7) is 3.72. The molecule has 28 heavy (non-hydrogen) atoms. The van der Waals surface area contributed by atoms with Gasteiger partial charge in [0.25, 0.3) is 5.91 Å². The number of nitrogens with one attached hydrogen (secondary N) is 1. The van der Waals surface area contributed by atoms with E-state index in [4.69, 9.17) is 18.6 Å². The highest BCUT2D eigenvalue weighted by atomic mass is 16.5. The molecule has 7 heteroatoms. The van der Waals surface area contributed by atoms with E-state index in [0.717, 1.165) is 42.3 Å². The average Bonchev–Trinajstić information content (AvgIpc) is 3.46. The summed E-state index contributed by atoms with van der Waals surface area (Å²) >= 11 is 0. The standard InChI is InChI=1S/C21H28N2O5/c1-25-7-2-8-26-18-12-15(11-16-5-9-28-20(16)18)14-23(17-3-4-17)21(24)19-13-22-6-10-27-19/h5,9,11-12,17,19,22H,2-4,6-8,10,13-14H2,1H3/t19-/m1/s1. The molecule has 1 aromatic carbocycles. The lowest BCUT2D eigenvalue weighted by atomic mass is 10.1. The first kappa shape index (κ1) is 19.2. The molecule has 2 heterocycles. The quantitative estimate of drug-likeness (QED) is 0.665. The zero-order valence-electron chi connectivity index (χ0n) is 16.3. The van der Waals surface area contributed by atoms with Gasteiger partial charge in [0.1, 0.15) is 6.10 Å². The van der Waals surface area contributed by atoms with Gasteiger partial charge in [0.15, 0.2) is 11.3 Å². The number of amides is 1. The van der Waals surface area contributed by atoms with E-state index < -0.39 is 6.10 Å². The third-order valence-electron chi connectivity index (χ3n) is 5.15. The molecule has 0 unspecified atom stereocenters. The first-order valence-corrected chi connectivity index (χ1v) is 10.0. The van der Waals surface area contributed by atoms with Gasteiger partial charge >= 0.3 is 0 Å². The Bertz CT molecular complexity index is 795. The smallest absolute Gasteiger partial charge is 0.253 e. The van der Waals surface area contributed by atoms with Crippen molar-refractivity contribution in [2.24, 2.45) is 0 Å². The number of fused-ring (bicyclic) bond motifs is 1. The predicted molar refractivity (Wildman–Crippen MR) is 104 cm³/mol. The molecule has 4 rings (SSSR count). The van der Waals surface area contributed by atoms with Crippen molar-refractivity contribution < 1.29 is 23.4 Å². The molecule has 1 aliphatic carbocycles. The van der Waals surface area contributed by atoms with Crippen LogP contribution in [0.15, 0.2) is 28.9 Å². The molecule has 1 saturated carbocycles. The Morgan fingerprint density at radius 3 is 2.96 bits per heavy atom. The number of hydrogen-bond donors (Lipinski definition) is 1. The second-order valence-electron chi connectivity index (χ2n) is 7.39. The second kappa shape index (κ2) is 8.94. The van der Waals surface area contributed by atoms with Gasteiger partial charge in [0.2, 0.25) is 0 Å². The molecule has 0 bridgehead atoms. The molecule has 1 atom stereocenters. The van der Waals surface area contributed by atoms with Crippen LogP contribution in [0.1, 0.15) is 24.8 Å². The Hall–Kier alpha value is -2.09. The molecule has 1 aromatic heterocycles. The normalized spacial score (nSPS) is 19.7. The van der Waals surface area contributed by atoms with Gasteiger partial charge in [0.05, 0.1) is 19.5 Å². The van der Waals surface area contributed by atoms with Crippen LogP contribution >= 0.6 is 0 Å². The molecule has 0 radical (unpaired) electrons. The van der Waals surface area contributed by atoms with E-state index in [1.807, 2.05) is 17.0 Å². The number of ether oxygens (including phenoxy) is 3. The lowest BCUT2D eigenvalue weighted by molar-refractivity contribution is -0.146. The Labute approximate surface area is 164 Å². The number of benzene rings is 1. The summed E-state index contributed by atoms with van der Waals surface area (Å²) < 4.78 is 22.3. The zero-order valence-corrected chi connectivity index (χ0v) is 16.3. The molecule has 7 nitrogen and oxygen atoms in total. The van der Waals surface area contributed by atoms with Crippen molar-refractivity contribution in [3.63, 3.8) is 0 Å². The molecule has 1 saturated heterocycles. The van der Waals surface area contributed by atoms with Crippen LogP contribution < -0.4 is 10.1 Å². The number of methoxy groups -OCH3 is 1. The van der Waals surface area contributed by atoms with E-state index in [-0.39, 0.29) is 5.91 Å². The van der Waals surface area contributed by atoms with Gasteiger partial charge in [-0.25, -0.2) is 0 Å². The molecule has 152 valence electrons. The van der Waals surface area contributed by atoms with Crippen LogP contribution in [0.3, 0.4) is 0 Å². The zero-order chi connectivity index (χ0) is 19.3. The van der Waals surface area contributed by atoms with Crippen molar-refractivity contribution in [2.45, 2.75) is 38.0 Å². The highest BCUT2D eigenvalue weighted by Gasteiger charge is 2.37. The first-order chi connectivity index (χ1) is 13.8. The van der Waals surface area contributed by atoms with Gasteiger partial charge < -0.3 is 28.8 Å². The predicted octanol–water partition coefficient (Wildman–Crippen LogP) is 2.33. The SMILES string of the molecule is COCCCOc1cc(CN(C(=O)[C@H]2CNCCO2)C2CC2)cc2ccoc12. The van der Waals surface area contributed by atoms with Gasteiger partial charge in [-0.3, -0.25) is 4.79 Å². The van der Waals surface area contributed by atoms with Crippen molar-refractivity contribution in [3.8, 4) is 5.75 Å². The average molecular weight is 388 g/mol. The summed E-state index contributed by atoms with van der Waals surface area (Å²) in [5.41, 5.74) is 1.78. The van der Waals surface area contributed by atoms with E-state index in [1.54, 1.807) is 13.4 Å². The number of furan rings is 1. The fraction of sp³-hybridized carbons (Fsp3) is 0.571. The lowest BCUT2D eigenvalue weighted by Gasteiger charge is -2.30. The van der Waals surface area contributed by atoms with Crippen LogP contribution in [0.5, 0.6) is 5.75 Å². The Balaban J connectivity index is 1.51. The number of carbonyl (C=O) groups excluding carboxylic acids is 1. The van der Waals surface area contributed by atoms with Crippen molar-refractivity contribution >= 4 is 16.9 Å². The lowest BCUT2D eigenvalue weighted by Crippen LogP contribution is -2.49. The third-order valence-corrected chi connectivity index (χ3v) is 5.15. The molecule has 1 aliphatic heterocycles. The van der Waals surface area contributed by atoms with Crippen molar-refractivity contribution in [1.82, 2.24) is 10.2 Å². The van der Waals surface area contributed by atoms with Crippen molar-refractivity contribution in [2.75, 3.05) is 40.0 Å². The molecular formula is C21H28N2O5. The van der Waals surface area contributed by atoms with Gasteiger partial charge in [0, 0.05) is 51.2 Å². The van der Waals surface area contributed by atoms with Crippen LogP contribution in [-0.4, -0.2) is 63.0 Å². The van der Waals surface area contributed by atoms with Crippen LogP contribution in [0.4, 0.5) is 0 Å². The fourth-order valence-electron chi connectivity index (χ4n) is 3.57. The topological polar surface area (TPSA) is 73.2 Å². The van der Waals surface area contributed by atoms with Gasteiger partial charge in [-0.15, -0.1) is 0 Å². The number of morpholine rings is 1. The molecule has 2 aromatic rings. The molecule has 2 fully saturated rings. The first-order valence-electron chi connectivity index (χ1n) is 10.0. The maximum atomic E-state index is 13.0. The van der Waals surface area contributed by atoms with E-state index in [2.05, 4.69) is 11.4 Å². The maximum absolute atomic E-state index is 13.0. The summed E-state index contributed by atoms with van der Waals surface area (Å²) in [6, 6.07) is 6.30. The summed E-state index contributed by atoms with van der Waals surface area (Å²) in [4.78, 5) is 15.0. The second-order valence-corrected chi connectivity index (χ2v) is 7.39. The minimum Gasteiger partial charge on any atom is -0.490 e. The molecule has 0 spiro atoms. The summed E-state index contributed by atoms with van der Waals surface area (Å²) in [5.74, 6) is 0.789. The van der Waals surface area contributed by atoms with Crippen molar-refractivity contribution in [3.05, 3.63) is 30.0 Å². The molecule has 2 aliphatic rings. The number of carbonyl (C=O) groups is 1. The van der Waals surface area contributed by atoms with E-state index in [9.17, 15) is 4.79 Å². The maximum Gasteiger partial charge on any atom is 0.253 e. The highest BCUT2D eigenvalue weighted by molar-refractivity contribution is 5.85. The molecular weight excluding hydrogens is 360 g/mol. The van der Waals surface area contributed by atoms with Crippen molar-refractivity contribution in [1.29, 1.82) is 0 Å². The van der Waals surface area contributed by atoms with Gasteiger partial charge in [-0.2, -0.15) is 0 Å². The largest absolute Gasteiger partial charge is 0.490 e. The number of rotatable bonds is 9. The van der Waals surface area contributed by atoms with E-state index in [1.165, 1.54) is 0 Å². The summed E-state index contributed by atoms with van der Waals surface area (Å²) in [6.07, 6.45) is 4.20. The number of nitrogens with zero attached hydrogens (tertiary/aromatic N) is 1. The van der Waals surface area contributed by atoms with Gasteiger partial charge in [-0.05, 0) is 36.6 Å². The third kappa shape index (κ3) is 4.48. The minimum absolute atomic E-state index is 0.0737. The Morgan fingerprint density at radius 1 is 1.32 bits per heavy atom. The van der Waals surface area contributed by atoms with E-state index >= 15 is 0 Å². The van der Waals surface area contributed by atoms with Gasteiger partial charge in [-0.1, -0.05) is 0 Å². The van der Waals surface area contributed by atoms with Crippen LogP contribution in [-0.2, 0) is 20.8 Å². The Kier molecular flexibility index (Phi) is 6.14. The number of hydrogen-bond acceptors (Lipinski definition) is 6. The molecule has 1 N–H and O–H groups in total. The fourth-order valence-corrected chi connectivity index (χ4v) is 3.57. The van der Waals surface area contributed by atoms with E-state index in [0.29, 0.717) is 44.7 Å². The molecule has 1 amide bonds. The highest BCUT2D eigenvalue weighted by Crippen LogP contribution is 2.33. The summed E-state index contributed by atoms with van der Waals surface area (Å²) in [7, 11) is 1.68. The monoisotopic (exact) mass is 388 g/mol.